The van der Waals surface area contributed by atoms with Crippen LogP contribution in [-0.4, -0.2) is 76.8 Å². The molecule has 2 saturated heterocycles. The fourth-order valence-electron chi connectivity index (χ4n) is 4.34. The third kappa shape index (κ3) is 4.55. The number of ether oxygens (including phenoxy) is 1. The van der Waals surface area contributed by atoms with Crippen LogP contribution < -0.4 is 5.32 Å². The highest BCUT2D eigenvalue weighted by atomic mass is 16.5. The van der Waals surface area contributed by atoms with Crippen LogP contribution in [0.3, 0.4) is 0 Å². The first-order valence-electron chi connectivity index (χ1n) is 11.0. The molecular formula is C23H28N6O2. The van der Waals surface area contributed by atoms with E-state index in [1.807, 2.05) is 23.1 Å². The van der Waals surface area contributed by atoms with Gasteiger partial charge in [-0.3, -0.25) is 14.8 Å². The van der Waals surface area contributed by atoms with E-state index in [0.717, 1.165) is 55.1 Å². The summed E-state index contributed by atoms with van der Waals surface area (Å²) in [6.07, 6.45) is 0.945. The molecule has 1 atom stereocenters. The number of anilines is 1. The maximum atomic E-state index is 12.7. The van der Waals surface area contributed by atoms with E-state index < -0.39 is 0 Å². The molecule has 5 rings (SSSR count). The number of aromatic nitrogens is 3. The van der Waals surface area contributed by atoms with Crippen molar-refractivity contribution >= 4 is 22.8 Å². The number of likely N-dealkylation sites (tertiary alicyclic amines) is 1. The number of benzene rings is 1. The van der Waals surface area contributed by atoms with Crippen molar-refractivity contribution in [1.29, 1.82) is 0 Å². The van der Waals surface area contributed by atoms with Gasteiger partial charge in [-0.1, -0.05) is 30.3 Å². The zero-order valence-electron chi connectivity index (χ0n) is 17.6. The Balaban J connectivity index is 1.21. The summed E-state index contributed by atoms with van der Waals surface area (Å²) in [5, 5.41) is 11.8. The van der Waals surface area contributed by atoms with Gasteiger partial charge in [0.2, 0.25) is 5.91 Å². The maximum Gasteiger partial charge on any atom is 0.236 e. The van der Waals surface area contributed by atoms with Gasteiger partial charge in [-0.05, 0) is 24.1 Å². The number of hydrogen-bond acceptors (Lipinski definition) is 6. The average Bonchev–Trinajstić information content (AvgIpc) is 3.46. The van der Waals surface area contributed by atoms with E-state index in [1.165, 1.54) is 5.56 Å². The Kier molecular flexibility index (Phi) is 5.82. The van der Waals surface area contributed by atoms with Crippen molar-refractivity contribution < 1.29 is 9.53 Å². The Labute approximate surface area is 181 Å². The molecule has 0 spiro atoms. The molecule has 2 aliphatic rings. The van der Waals surface area contributed by atoms with E-state index in [-0.39, 0.29) is 11.8 Å². The fraction of sp³-hybridized carbons (Fsp3) is 0.435. The summed E-state index contributed by atoms with van der Waals surface area (Å²) in [5.74, 6) is 1.29. The number of morpholine rings is 1. The first-order valence-corrected chi connectivity index (χ1v) is 11.0. The zero-order valence-corrected chi connectivity index (χ0v) is 17.6. The summed E-state index contributed by atoms with van der Waals surface area (Å²) < 4.78 is 5.37. The van der Waals surface area contributed by atoms with Crippen molar-refractivity contribution in [3.8, 4) is 0 Å². The third-order valence-electron chi connectivity index (χ3n) is 6.17. The smallest absolute Gasteiger partial charge is 0.236 e. The number of carbonyl (C=O) groups is 1. The molecule has 2 N–H and O–H groups in total. The van der Waals surface area contributed by atoms with Crippen LogP contribution in [-0.2, 0) is 16.1 Å². The van der Waals surface area contributed by atoms with Crippen LogP contribution in [0, 0.1) is 0 Å². The van der Waals surface area contributed by atoms with E-state index in [4.69, 9.17) is 9.72 Å². The average molecular weight is 421 g/mol. The first kappa shape index (κ1) is 20.0. The second-order valence-electron chi connectivity index (χ2n) is 8.26. The van der Waals surface area contributed by atoms with E-state index in [1.54, 1.807) is 0 Å². The van der Waals surface area contributed by atoms with Gasteiger partial charge in [-0.25, -0.2) is 4.98 Å². The predicted molar refractivity (Wildman–Crippen MR) is 119 cm³/mol. The highest BCUT2D eigenvalue weighted by Crippen LogP contribution is 2.28. The molecule has 0 saturated carbocycles. The van der Waals surface area contributed by atoms with Gasteiger partial charge in [0.05, 0.1) is 25.1 Å². The lowest BCUT2D eigenvalue weighted by Crippen LogP contribution is -2.44. The van der Waals surface area contributed by atoms with Crippen LogP contribution in [0.15, 0.2) is 42.5 Å². The Hall–Kier alpha value is -2.97. The molecule has 2 aliphatic heterocycles. The van der Waals surface area contributed by atoms with Crippen LogP contribution >= 0.6 is 0 Å². The van der Waals surface area contributed by atoms with Crippen molar-refractivity contribution in [2.75, 3.05) is 51.3 Å². The highest BCUT2D eigenvalue weighted by molar-refractivity contribution is 5.87. The van der Waals surface area contributed by atoms with E-state index >= 15 is 0 Å². The summed E-state index contributed by atoms with van der Waals surface area (Å²) in [7, 11) is 0. The van der Waals surface area contributed by atoms with Gasteiger partial charge < -0.3 is 15.0 Å². The Bertz CT molecular complexity index is 1030. The first-order chi connectivity index (χ1) is 15.3. The van der Waals surface area contributed by atoms with Gasteiger partial charge in [0, 0.05) is 44.3 Å². The van der Waals surface area contributed by atoms with Crippen molar-refractivity contribution in [3.63, 3.8) is 0 Å². The maximum absolute atomic E-state index is 12.7. The number of aromatic amines is 1. The standard InChI is InChI=1S/C23H28N6O2/c30-21(16-28-10-12-31-13-11-28)29-9-8-18(15-29)20-7-6-19-22(26-27-23(19)25-20)24-14-17-4-2-1-3-5-17/h1-7,18H,8-16H2,(H2,24,25,26,27). The Morgan fingerprint density at radius 1 is 1.13 bits per heavy atom. The summed E-state index contributed by atoms with van der Waals surface area (Å²) >= 11 is 0. The number of amides is 1. The van der Waals surface area contributed by atoms with Crippen LogP contribution in [0.2, 0.25) is 0 Å². The number of carbonyl (C=O) groups excluding carboxylic acids is 1. The minimum atomic E-state index is 0.208. The summed E-state index contributed by atoms with van der Waals surface area (Å²) in [6.45, 7) is 5.82. The molecule has 1 aromatic carbocycles. The Morgan fingerprint density at radius 3 is 2.81 bits per heavy atom. The lowest BCUT2D eigenvalue weighted by Gasteiger charge is -2.28. The minimum absolute atomic E-state index is 0.208. The van der Waals surface area contributed by atoms with Gasteiger partial charge in [-0.2, -0.15) is 5.10 Å². The molecule has 4 heterocycles. The quantitative estimate of drug-likeness (QED) is 0.636. The summed E-state index contributed by atoms with van der Waals surface area (Å²) in [5.41, 5.74) is 3.01. The number of H-pyrrole nitrogens is 1. The molecule has 3 aromatic rings. The molecule has 2 aromatic heterocycles. The third-order valence-corrected chi connectivity index (χ3v) is 6.17. The van der Waals surface area contributed by atoms with Gasteiger partial charge in [0.1, 0.15) is 0 Å². The van der Waals surface area contributed by atoms with Gasteiger partial charge in [0.25, 0.3) is 0 Å². The van der Waals surface area contributed by atoms with E-state index in [2.05, 4.69) is 44.7 Å². The van der Waals surface area contributed by atoms with Crippen LogP contribution in [0.1, 0.15) is 23.6 Å². The van der Waals surface area contributed by atoms with Gasteiger partial charge >= 0.3 is 0 Å². The topological polar surface area (TPSA) is 86.4 Å². The molecule has 1 amide bonds. The molecule has 31 heavy (non-hydrogen) atoms. The Morgan fingerprint density at radius 2 is 1.97 bits per heavy atom. The predicted octanol–water partition coefficient (Wildman–Crippen LogP) is 2.22. The van der Waals surface area contributed by atoms with Crippen molar-refractivity contribution in [2.45, 2.75) is 18.9 Å². The molecule has 0 aliphatic carbocycles. The van der Waals surface area contributed by atoms with Crippen LogP contribution in [0.5, 0.6) is 0 Å². The largest absolute Gasteiger partial charge is 0.379 e. The van der Waals surface area contributed by atoms with E-state index in [9.17, 15) is 4.79 Å². The normalized spacial score (nSPS) is 19.7. The van der Waals surface area contributed by atoms with Gasteiger partial charge in [-0.15, -0.1) is 0 Å². The second-order valence-corrected chi connectivity index (χ2v) is 8.26. The second kappa shape index (κ2) is 9.03. The van der Waals surface area contributed by atoms with Crippen molar-refractivity contribution in [2.24, 2.45) is 0 Å². The summed E-state index contributed by atoms with van der Waals surface area (Å²) in [4.78, 5) is 21.7. The molecule has 0 radical (unpaired) electrons. The number of pyridine rings is 1. The molecular weight excluding hydrogens is 392 g/mol. The number of hydrogen-bond donors (Lipinski definition) is 2. The van der Waals surface area contributed by atoms with E-state index in [0.29, 0.717) is 26.3 Å². The fourth-order valence-corrected chi connectivity index (χ4v) is 4.34. The minimum Gasteiger partial charge on any atom is -0.379 e. The van der Waals surface area contributed by atoms with Crippen LogP contribution in [0.25, 0.3) is 11.0 Å². The molecule has 8 nitrogen and oxygen atoms in total. The van der Waals surface area contributed by atoms with Crippen LogP contribution in [0.4, 0.5) is 5.82 Å². The number of nitrogens with one attached hydrogen (secondary N) is 2. The number of nitrogens with zero attached hydrogens (tertiary/aromatic N) is 4. The lowest BCUT2D eigenvalue weighted by molar-refractivity contribution is -0.132. The molecule has 162 valence electrons. The number of fused-ring (bicyclic) bond motifs is 1. The van der Waals surface area contributed by atoms with Crippen molar-refractivity contribution in [3.05, 3.63) is 53.7 Å². The zero-order chi connectivity index (χ0) is 21.0. The SMILES string of the molecule is O=C(CN1CCOCC1)N1CCC(c2ccc3c(NCc4ccccc4)n[nH]c3n2)C1. The molecule has 8 heteroatoms. The molecule has 0 bridgehead atoms. The van der Waals surface area contributed by atoms with Gasteiger partial charge in [0.15, 0.2) is 11.5 Å². The van der Waals surface area contributed by atoms with Crippen molar-refractivity contribution in [1.82, 2.24) is 25.0 Å². The summed E-state index contributed by atoms with van der Waals surface area (Å²) in [6, 6.07) is 14.4. The lowest BCUT2D eigenvalue weighted by atomic mass is 10.0. The molecule has 1 unspecified atom stereocenters. The highest BCUT2D eigenvalue weighted by Gasteiger charge is 2.29. The monoisotopic (exact) mass is 420 g/mol. The number of rotatable bonds is 6. The molecule has 2 fully saturated rings.